The number of carbonyl (C=O) groups is 3. The topological polar surface area (TPSA) is 119 Å². The molecule has 30 heavy (non-hydrogen) atoms. The van der Waals surface area contributed by atoms with Gasteiger partial charge in [-0.1, -0.05) is 23.2 Å². The number of carbonyl (C=O) groups excluding carboxylic acids is 3. The summed E-state index contributed by atoms with van der Waals surface area (Å²) in [5.41, 5.74) is 0.735. The van der Waals surface area contributed by atoms with Gasteiger partial charge in [-0.25, -0.2) is 0 Å². The van der Waals surface area contributed by atoms with Crippen molar-refractivity contribution in [3.8, 4) is 0 Å². The number of hydrogen-bond donors (Lipinski definition) is 1. The highest BCUT2D eigenvalue weighted by Gasteiger charge is 2.36. The fourth-order valence-corrected chi connectivity index (χ4v) is 3.19. The van der Waals surface area contributed by atoms with Crippen LogP contribution in [0.1, 0.15) is 6.42 Å². The Kier molecular flexibility index (Phi) is 6.53. The minimum Gasteiger partial charge on any atom is -0.455 e. The predicted molar refractivity (Wildman–Crippen MR) is 110 cm³/mol. The van der Waals surface area contributed by atoms with Gasteiger partial charge in [0.25, 0.3) is 11.6 Å². The number of nitrogens with one attached hydrogen (secondary N) is 1. The van der Waals surface area contributed by atoms with E-state index in [1.165, 1.54) is 41.3 Å². The molecule has 0 saturated carbocycles. The molecule has 3 rings (SSSR count). The van der Waals surface area contributed by atoms with Gasteiger partial charge >= 0.3 is 5.97 Å². The lowest BCUT2D eigenvalue weighted by Gasteiger charge is -2.16. The van der Waals surface area contributed by atoms with Gasteiger partial charge in [-0.15, -0.1) is 0 Å². The number of nitro benzene ring substituents is 1. The van der Waals surface area contributed by atoms with Crippen LogP contribution in [0.3, 0.4) is 0 Å². The first-order chi connectivity index (χ1) is 14.2. The summed E-state index contributed by atoms with van der Waals surface area (Å²) in [6, 6.07) is 9.96. The van der Waals surface area contributed by atoms with Crippen molar-refractivity contribution in [2.24, 2.45) is 5.92 Å². The van der Waals surface area contributed by atoms with Crippen molar-refractivity contribution in [1.29, 1.82) is 0 Å². The molecule has 156 valence electrons. The SMILES string of the molecule is O=C(COC(=O)[C@@H]1CC(=O)N(c2ccc([N+](=O)[O-])cc2)C1)Nc1ccc(Cl)c(Cl)c1. The van der Waals surface area contributed by atoms with Crippen molar-refractivity contribution in [3.63, 3.8) is 0 Å². The van der Waals surface area contributed by atoms with Crippen LogP contribution in [0.25, 0.3) is 0 Å². The number of benzene rings is 2. The second kappa shape index (κ2) is 9.10. The van der Waals surface area contributed by atoms with Gasteiger partial charge in [0, 0.05) is 36.5 Å². The van der Waals surface area contributed by atoms with Crippen LogP contribution in [0.4, 0.5) is 17.1 Å². The molecule has 0 aliphatic carbocycles. The number of rotatable bonds is 6. The Balaban J connectivity index is 1.53. The van der Waals surface area contributed by atoms with Gasteiger partial charge in [-0.3, -0.25) is 24.5 Å². The van der Waals surface area contributed by atoms with E-state index in [0.29, 0.717) is 16.4 Å². The predicted octanol–water partition coefficient (Wildman–Crippen LogP) is 3.44. The second-order valence-corrected chi connectivity index (χ2v) is 7.28. The van der Waals surface area contributed by atoms with Crippen molar-refractivity contribution in [2.45, 2.75) is 6.42 Å². The average Bonchev–Trinajstić information content (AvgIpc) is 3.11. The van der Waals surface area contributed by atoms with Crippen LogP contribution in [-0.2, 0) is 19.1 Å². The van der Waals surface area contributed by atoms with E-state index < -0.39 is 29.3 Å². The van der Waals surface area contributed by atoms with E-state index in [0.717, 1.165) is 0 Å². The molecule has 1 heterocycles. The standard InChI is InChI=1S/C19H15Cl2N3O6/c20-15-6-1-12(8-16(15)21)22-17(25)10-30-19(27)11-7-18(26)23(9-11)13-2-4-14(5-3-13)24(28)29/h1-6,8,11H,7,9-10H2,(H,22,25)/t11-/m1/s1. The summed E-state index contributed by atoms with van der Waals surface area (Å²) >= 11 is 11.7. The van der Waals surface area contributed by atoms with Crippen molar-refractivity contribution in [1.82, 2.24) is 0 Å². The molecule has 1 N–H and O–H groups in total. The Bertz CT molecular complexity index is 1010. The summed E-state index contributed by atoms with van der Waals surface area (Å²) in [6.45, 7) is -0.467. The zero-order valence-electron chi connectivity index (χ0n) is 15.3. The summed E-state index contributed by atoms with van der Waals surface area (Å²) in [6.07, 6.45) is -0.0791. The van der Waals surface area contributed by atoms with Crippen molar-refractivity contribution in [3.05, 3.63) is 62.6 Å². The molecule has 0 aromatic heterocycles. The third-order valence-electron chi connectivity index (χ3n) is 4.38. The molecule has 2 aromatic carbocycles. The highest BCUT2D eigenvalue weighted by Crippen LogP contribution is 2.28. The van der Waals surface area contributed by atoms with E-state index in [-0.39, 0.29) is 29.6 Å². The van der Waals surface area contributed by atoms with Gasteiger partial charge in [-0.05, 0) is 30.3 Å². The lowest BCUT2D eigenvalue weighted by atomic mass is 10.1. The van der Waals surface area contributed by atoms with Gasteiger partial charge in [0.15, 0.2) is 6.61 Å². The highest BCUT2D eigenvalue weighted by atomic mass is 35.5. The summed E-state index contributed by atoms with van der Waals surface area (Å²) in [7, 11) is 0. The van der Waals surface area contributed by atoms with Crippen LogP contribution >= 0.6 is 23.2 Å². The molecule has 2 aromatic rings. The van der Waals surface area contributed by atoms with E-state index in [1.807, 2.05) is 0 Å². The van der Waals surface area contributed by atoms with Crippen LogP contribution in [-0.4, -0.2) is 35.9 Å². The second-order valence-electron chi connectivity index (χ2n) is 6.46. The molecule has 0 radical (unpaired) electrons. The summed E-state index contributed by atoms with van der Waals surface area (Å²) < 4.78 is 5.02. The molecule has 0 unspecified atom stereocenters. The summed E-state index contributed by atoms with van der Waals surface area (Å²) in [5.74, 6) is -2.31. The van der Waals surface area contributed by atoms with Crippen LogP contribution in [0.5, 0.6) is 0 Å². The Hall–Kier alpha value is -3.17. The number of halogens is 2. The van der Waals surface area contributed by atoms with Crippen LogP contribution < -0.4 is 10.2 Å². The maximum absolute atomic E-state index is 12.3. The molecule has 1 saturated heterocycles. The molecular weight excluding hydrogens is 437 g/mol. The molecule has 9 nitrogen and oxygen atoms in total. The molecule has 11 heteroatoms. The monoisotopic (exact) mass is 451 g/mol. The zero-order valence-corrected chi connectivity index (χ0v) is 16.9. The Morgan fingerprint density at radius 1 is 1.17 bits per heavy atom. The smallest absolute Gasteiger partial charge is 0.311 e. The molecular formula is C19H15Cl2N3O6. The van der Waals surface area contributed by atoms with Gasteiger partial charge in [0.2, 0.25) is 5.91 Å². The number of esters is 1. The summed E-state index contributed by atoms with van der Waals surface area (Å²) in [4.78, 5) is 48.0. The van der Waals surface area contributed by atoms with Crippen molar-refractivity contribution < 1.29 is 24.0 Å². The van der Waals surface area contributed by atoms with E-state index in [9.17, 15) is 24.5 Å². The number of amides is 2. The Labute approximate surface area is 180 Å². The number of hydrogen-bond acceptors (Lipinski definition) is 6. The fraction of sp³-hybridized carbons (Fsp3) is 0.211. The minimum atomic E-state index is -0.745. The fourth-order valence-electron chi connectivity index (χ4n) is 2.89. The molecule has 1 aliphatic heterocycles. The molecule has 0 spiro atoms. The number of ether oxygens (including phenoxy) is 1. The number of anilines is 2. The van der Waals surface area contributed by atoms with Crippen LogP contribution in [0.2, 0.25) is 10.0 Å². The molecule has 2 amide bonds. The Morgan fingerprint density at radius 2 is 1.87 bits per heavy atom. The average molecular weight is 452 g/mol. The highest BCUT2D eigenvalue weighted by molar-refractivity contribution is 6.42. The molecule has 1 aliphatic rings. The molecule has 0 bridgehead atoms. The van der Waals surface area contributed by atoms with Crippen LogP contribution in [0.15, 0.2) is 42.5 Å². The van der Waals surface area contributed by atoms with Gasteiger partial charge < -0.3 is 15.0 Å². The maximum Gasteiger partial charge on any atom is 0.311 e. The van der Waals surface area contributed by atoms with Gasteiger partial charge in [0.05, 0.1) is 20.9 Å². The number of non-ortho nitro benzene ring substituents is 1. The first kappa shape index (κ1) is 21.5. The molecule has 1 fully saturated rings. The quantitative estimate of drug-likeness (QED) is 0.408. The van der Waals surface area contributed by atoms with E-state index in [4.69, 9.17) is 27.9 Å². The third kappa shape index (κ3) is 5.05. The van der Waals surface area contributed by atoms with Crippen LogP contribution in [0, 0.1) is 16.0 Å². The number of nitro groups is 1. The number of nitrogens with zero attached hydrogens (tertiary/aromatic N) is 2. The zero-order chi connectivity index (χ0) is 21.8. The van der Waals surface area contributed by atoms with Gasteiger partial charge in [0.1, 0.15) is 0 Å². The van der Waals surface area contributed by atoms with Gasteiger partial charge in [-0.2, -0.15) is 0 Å². The first-order valence-electron chi connectivity index (χ1n) is 8.71. The maximum atomic E-state index is 12.3. The lowest BCUT2D eigenvalue weighted by molar-refractivity contribution is -0.384. The van der Waals surface area contributed by atoms with Crippen molar-refractivity contribution >= 4 is 58.0 Å². The minimum absolute atomic E-state index is 0.0594. The van der Waals surface area contributed by atoms with E-state index in [1.54, 1.807) is 6.07 Å². The lowest BCUT2D eigenvalue weighted by Crippen LogP contribution is -2.28. The Morgan fingerprint density at radius 3 is 2.50 bits per heavy atom. The first-order valence-corrected chi connectivity index (χ1v) is 9.46. The largest absolute Gasteiger partial charge is 0.455 e. The van der Waals surface area contributed by atoms with E-state index in [2.05, 4.69) is 5.32 Å². The third-order valence-corrected chi connectivity index (χ3v) is 5.12. The van der Waals surface area contributed by atoms with E-state index >= 15 is 0 Å². The van der Waals surface area contributed by atoms with Crippen molar-refractivity contribution in [2.75, 3.05) is 23.4 Å². The normalized spacial score (nSPS) is 15.7. The molecule has 1 atom stereocenters. The summed E-state index contributed by atoms with van der Waals surface area (Å²) in [5, 5.41) is 13.9.